The standard InChI is InChI=1S/C13H20O7Si/c1-5-7-10(12(14)15)11(13(16)17)8-6-9-21(18-2,19-3)20-4/h5-6,9H,1,7-8H2,2-4H3,(H,14,15)(H,16,17)/b9-6?,11-10-. The number of carbonyl (C=O) groups is 2. The summed E-state index contributed by atoms with van der Waals surface area (Å²) >= 11 is 0. The van der Waals surface area contributed by atoms with E-state index in [9.17, 15) is 9.59 Å². The summed E-state index contributed by atoms with van der Waals surface area (Å²) in [5, 5.41) is 18.2. The lowest BCUT2D eigenvalue weighted by Gasteiger charge is -2.20. The first kappa shape index (κ1) is 19.3. The molecule has 0 saturated carbocycles. The lowest BCUT2D eigenvalue weighted by molar-refractivity contribution is -0.136. The number of rotatable bonds is 10. The first-order chi connectivity index (χ1) is 9.87. The molecule has 0 bridgehead atoms. The monoisotopic (exact) mass is 316 g/mol. The molecule has 2 N–H and O–H groups in total. The molecule has 118 valence electrons. The molecule has 7 nitrogen and oxygen atoms in total. The molecule has 21 heavy (non-hydrogen) atoms. The van der Waals surface area contributed by atoms with Crippen molar-refractivity contribution < 1.29 is 33.1 Å². The maximum absolute atomic E-state index is 11.2. The van der Waals surface area contributed by atoms with Crippen molar-refractivity contribution in [3.63, 3.8) is 0 Å². The molecule has 0 atom stereocenters. The highest BCUT2D eigenvalue weighted by Crippen LogP contribution is 2.16. The van der Waals surface area contributed by atoms with Crippen LogP contribution in [-0.4, -0.2) is 52.3 Å². The molecule has 0 rings (SSSR count). The molecule has 0 fully saturated rings. The third-order valence-electron chi connectivity index (χ3n) is 2.73. The van der Waals surface area contributed by atoms with E-state index in [2.05, 4.69) is 6.58 Å². The fourth-order valence-corrected chi connectivity index (χ4v) is 2.91. The topological polar surface area (TPSA) is 102 Å². The van der Waals surface area contributed by atoms with Gasteiger partial charge in [-0.15, -0.1) is 6.58 Å². The van der Waals surface area contributed by atoms with Gasteiger partial charge >= 0.3 is 20.7 Å². The van der Waals surface area contributed by atoms with Crippen molar-refractivity contribution in [2.24, 2.45) is 0 Å². The first-order valence-corrected chi connectivity index (χ1v) is 7.80. The van der Waals surface area contributed by atoms with Crippen LogP contribution in [0.15, 0.2) is 35.6 Å². The van der Waals surface area contributed by atoms with E-state index in [0.717, 1.165) is 0 Å². The van der Waals surface area contributed by atoms with Crippen LogP contribution in [0.1, 0.15) is 12.8 Å². The van der Waals surface area contributed by atoms with Gasteiger partial charge in [-0.25, -0.2) is 9.59 Å². The molecule has 0 saturated heterocycles. The molecule has 0 aliphatic carbocycles. The summed E-state index contributed by atoms with van der Waals surface area (Å²) in [5.41, 5.74) is 1.08. The molecule has 0 spiro atoms. The zero-order valence-corrected chi connectivity index (χ0v) is 13.3. The van der Waals surface area contributed by atoms with Gasteiger partial charge in [-0.2, -0.15) is 0 Å². The minimum atomic E-state index is -2.96. The third-order valence-corrected chi connectivity index (χ3v) is 5.08. The predicted molar refractivity (Wildman–Crippen MR) is 77.6 cm³/mol. The normalized spacial score (nSPS) is 13.1. The van der Waals surface area contributed by atoms with Crippen molar-refractivity contribution in [2.45, 2.75) is 12.8 Å². The van der Waals surface area contributed by atoms with E-state index in [1.54, 1.807) is 0 Å². The Morgan fingerprint density at radius 3 is 1.76 bits per heavy atom. The van der Waals surface area contributed by atoms with Crippen molar-refractivity contribution >= 4 is 20.7 Å². The minimum absolute atomic E-state index is 0.0355. The molecule has 0 heterocycles. The SMILES string of the molecule is C=CC/C(C(=O)O)=C(\CC=C[Si](OC)(OC)OC)C(=O)O. The molecule has 0 unspecified atom stereocenters. The molecular weight excluding hydrogens is 296 g/mol. The van der Waals surface area contributed by atoms with E-state index >= 15 is 0 Å². The van der Waals surface area contributed by atoms with E-state index < -0.39 is 20.7 Å². The average Bonchev–Trinajstić information content (AvgIpc) is 2.46. The summed E-state index contributed by atoms with van der Waals surface area (Å²) in [6.07, 6.45) is 2.69. The highest BCUT2D eigenvalue weighted by Gasteiger charge is 2.34. The zero-order chi connectivity index (χ0) is 16.5. The molecular formula is C13H20O7Si. The largest absolute Gasteiger partial charge is 0.528 e. The summed E-state index contributed by atoms with van der Waals surface area (Å²) in [7, 11) is 1.28. The smallest absolute Gasteiger partial charge is 0.478 e. The van der Waals surface area contributed by atoms with Crippen LogP contribution in [0.5, 0.6) is 0 Å². The number of aliphatic carboxylic acids is 2. The minimum Gasteiger partial charge on any atom is -0.478 e. The Kier molecular flexibility index (Phi) is 8.47. The van der Waals surface area contributed by atoms with Gasteiger partial charge in [0, 0.05) is 21.3 Å². The summed E-state index contributed by atoms with van der Waals surface area (Å²) in [5.74, 6) is -2.58. The molecule has 0 aliphatic heterocycles. The van der Waals surface area contributed by atoms with Gasteiger partial charge in [0.1, 0.15) is 0 Å². The van der Waals surface area contributed by atoms with Crippen LogP contribution in [0.2, 0.25) is 0 Å². The summed E-state index contributed by atoms with van der Waals surface area (Å²) in [6, 6.07) is 0. The maximum Gasteiger partial charge on any atom is 0.528 e. The van der Waals surface area contributed by atoms with Crippen LogP contribution in [0.4, 0.5) is 0 Å². The predicted octanol–water partition coefficient (Wildman–Crippen LogP) is 1.39. The van der Waals surface area contributed by atoms with Crippen LogP contribution in [0.3, 0.4) is 0 Å². The summed E-state index contributed by atoms with van der Waals surface area (Å²) in [6.45, 7) is 3.42. The van der Waals surface area contributed by atoms with E-state index in [0.29, 0.717) is 0 Å². The third kappa shape index (κ3) is 5.64. The van der Waals surface area contributed by atoms with Crippen LogP contribution in [0.25, 0.3) is 0 Å². The number of allylic oxidation sites excluding steroid dienone is 2. The van der Waals surface area contributed by atoms with Crippen LogP contribution < -0.4 is 0 Å². The lowest BCUT2D eigenvalue weighted by atomic mass is 10.0. The van der Waals surface area contributed by atoms with Crippen LogP contribution in [-0.2, 0) is 22.9 Å². The Morgan fingerprint density at radius 1 is 1.00 bits per heavy atom. The van der Waals surface area contributed by atoms with Crippen molar-refractivity contribution in [3.8, 4) is 0 Å². The summed E-state index contributed by atoms with van der Waals surface area (Å²) in [4.78, 5) is 22.3. The molecule has 0 aromatic rings. The average molecular weight is 316 g/mol. The Balaban J connectivity index is 5.37. The molecule has 8 heteroatoms. The Hall–Kier alpha value is -1.74. The van der Waals surface area contributed by atoms with Crippen LogP contribution in [0, 0.1) is 0 Å². The number of carboxylic acid groups (broad SMARTS) is 2. The van der Waals surface area contributed by atoms with Gasteiger partial charge in [0.15, 0.2) is 0 Å². The fourth-order valence-electron chi connectivity index (χ4n) is 1.60. The second-order valence-electron chi connectivity index (χ2n) is 3.88. The van der Waals surface area contributed by atoms with Gasteiger partial charge < -0.3 is 23.5 Å². The van der Waals surface area contributed by atoms with Gasteiger partial charge in [-0.05, 0) is 18.5 Å². The van der Waals surface area contributed by atoms with Gasteiger partial charge in [0.25, 0.3) is 0 Å². The molecule has 0 radical (unpaired) electrons. The quantitative estimate of drug-likeness (QED) is 0.357. The highest BCUT2D eigenvalue weighted by atomic mass is 28.4. The van der Waals surface area contributed by atoms with E-state index in [4.69, 9.17) is 23.5 Å². The first-order valence-electron chi connectivity index (χ1n) is 6.00. The number of hydrogen-bond donors (Lipinski definition) is 2. The molecule has 0 amide bonds. The van der Waals surface area contributed by atoms with Crippen molar-refractivity contribution in [1.82, 2.24) is 0 Å². The molecule has 0 aliphatic rings. The second kappa shape index (κ2) is 9.24. The number of carboxylic acids is 2. The van der Waals surface area contributed by atoms with Crippen molar-refractivity contribution in [1.29, 1.82) is 0 Å². The van der Waals surface area contributed by atoms with Gasteiger partial charge in [-0.1, -0.05) is 12.2 Å². The Labute approximate surface area is 124 Å². The summed E-state index contributed by atoms with van der Waals surface area (Å²) < 4.78 is 15.4. The van der Waals surface area contributed by atoms with E-state index in [1.165, 1.54) is 39.2 Å². The van der Waals surface area contributed by atoms with Gasteiger partial charge in [0.2, 0.25) is 0 Å². The fraction of sp³-hybridized carbons (Fsp3) is 0.385. The van der Waals surface area contributed by atoms with Gasteiger partial charge in [-0.3, -0.25) is 0 Å². The van der Waals surface area contributed by atoms with Crippen LogP contribution >= 0.6 is 0 Å². The number of hydrogen-bond acceptors (Lipinski definition) is 5. The Morgan fingerprint density at radius 2 is 1.43 bits per heavy atom. The van der Waals surface area contributed by atoms with E-state index in [-0.39, 0.29) is 24.0 Å². The van der Waals surface area contributed by atoms with Gasteiger partial charge in [0.05, 0.1) is 11.1 Å². The van der Waals surface area contributed by atoms with Crippen molar-refractivity contribution in [2.75, 3.05) is 21.3 Å². The van der Waals surface area contributed by atoms with E-state index in [1.807, 2.05) is 0 Å². The maximum atomic E-state index is 11.2. The molecule has 0 aromatic carbocycles. The second-order valence-corrected chi connectivity index (χ2v) is 6.65. The highest BCUT2D eigenvalue weighted by molar-refractivity contribution is 6.66. The zero-order valence-electron chi connectivity index (χ0n) is 12.3. The van der Waals surface area contributed by atoms with Crippen molar-refractivity contribution in [3.05, 3.63) is 35.6 Å². The lowest BCUT2D eigenvalue weighted by Crippen LogP contribution is -2.40. The molecule has 0 aromatic heterocycles. The Bertz CT molecular complexity index is 441.